The fourth-order valence-corrected chi connectivity index (χ4v) is 2.24. The molecule has 1 aromatic carbocycles. The molecule has 0 aromatic heterocycles. The summed E-state index contributed by atoms with van der Waals surface area (Å²) < 4.78 is 18.4. The van der Waals surface area contributed by atoms with Gasteiger partial charge in [-0.2, -0.15) is 0 Å². The summed E-state index contributed by atoms with van der Waals surface area (Å²) in [6.07, 6.45) is 2.94. The van der Waals surface area contributed by atoms with Gasteiger partial charge in [-0.25, -0.2) is 9.18 Å². The van der Waals surface area contributed by atoms with Crippen LogP contribution in [-0.2, 0) is 25.7 Å². The van der Waals surface area contributed by atoms with Gasteiger partial charge in [-0.15, -0.1) is 0 Å². The molecule has 1 aliphatic rings. The van der Waals surface area contributed by atoms with Crippen LogP contribution in [0.3, 0.4) is 0 Å². The summed E-state index contributed by atoms with van der Waals surface area (Å²) in [6.45, 7) is 1.74. The molecule has 1 aliphatic carbocycles. The summed E-state index contributed by atoms with van der Waals surface area (Å²) in [5, 5.41) is 0. The Bertz CT molecular complexity index is 689. The SMILES string of the molecule is CC1CC=C(C(=O)CCC(=O)C(=O)OCc2ccccc2)C=C1F. The second-order valence-corrected chi connectivity index (χ2v) is 5.73. The van der Waals surface area contributed by atoms with E-state index in [-0.39, 0.29) is 42.5 Å². The summed E-state index contributed by atoms with van der Waals surface area (Å²) in [4.78, 5) is 35.3. The highest BCUT2D eigenvalue weighted by Crippen LogP contribution is 2.25. The van der Waals surface area contributed by atoms with Crippen molar-refractivity contribution in [3.05, 3.63) is 59.4 Å². The molecule has 0 spiro atoms. The first-order chi connectivity index (χ1) is 11.5. The maximum absolute atomic E-state index is 13.5. The van der Waals surface area contributed by atoms with E-state index < -0.39 is 11.8 Å². The molecule has 0 radical (unpaired) electrons. The standard InChI is InChI=1S/C19H19FO4/c1-13-7-8-15(11-16(13)20)17(21)9-10-18(22)19(23)24-12-14-5-3-2-4-6-14/h2-6,8,11,13H,7,9-10,12H2,1H3. The molecule has 0 saturated heterocycles. The molecule has 0 saturated carbocycles. The molecule has 2 rings (SSSR count). The molecule has 126 valence electrons. The predicted molar refractivity (Wildman–Crippen MR) is 86.5 cm³/mol. The van der Waals surface area contributed by atoms with Crippen molar-refractivity contribution in [3.8, 4) is 0 Å². The van der Waals surface area contributed by atoms with E-state index in [4.69, 9.17) is 4.74 Å². The second kappa shape index (κ2) is 8.34. The lowest BCUT2D eigenvalue weighted by Crippen LogP contribution is -2.19. The van der Waals surface area contributed by atoms with Crippen molar-refractivity contribution < 1.29 is 23.5 Å². The third kappa shape index (κ3) is 4.98. The van der Waals surface area contributed by atoms with Gasteiger partial charge in [0.2, 0.25) is 5.78 Å². The lowest BCUT2D eigenvalue weighted by Gasteiger charge is -2.13. The van der Waals surface area contributed by atoms with Crippen LogP contribution in [0.4, 0.5) is 4.39 Å². The zero-order valence-corrected chi connectivity index (χ0v) is 13.5. The van der Waals surface area contributed by atoms with Crippen LogP contribution in [0.15, 0.2) is 53.9 Å². The molecule has 0 N–H and O–H groups in total. The van der Waals surface area contributed by atoms with Crippen LogP contribution in [0.2, 0.25) is 0 Å². The van der Waals surface area contributed by atoms with Crippen molar-refractivity contribution in [2.45, 2.75) is 32.8 Å². The lowest BCUT2D eigenvalue weighted by atomic mass is 9.93. The zero-order valence-electron chi connectivity index (χ0n) is 13.5. The Hall–Kier alpha value is -2.56. The van der Waals surface area contributed by atoms with E-state index >= 15 is 0 Å². The molecule has 1 unspecified atom stereocenters. The Labute approximate surface area is 140 Å². The Morgan fingerprint density at radius 2 is 1.88 bits per heavy atom. The number of Topliss-reactive ketones (excluding diaryl/α,β-unsaturated/α-hetero) is 2. The van der Waals surface area contributed by atoms with Crippen molar-refractivity contribution in [1.82, 2.24) is 0 Å². The molecule has 4 nitrogen and oxygen atoms in total. The maximum Gasteiger partial charge on any atom is 0.374 e. The van der Waals surface area contributed by atoms with Gasteiger partial charge < -0.3 is 4.74 Å². The summed E-state index contributed by atoms with van der Waals surface area (Å²) in [5.41, 5.74) is 1.04. The molecular formula is C19H19FO4. The van der Waals surface area contributed by atoms with Gasteiger partial charge in [-0.05, 0) is 18.1 Å². The summed E-state index contributed by atoms with van der Waals surface area (Å²) in [5.74, 6) is -2.63. The number of carbonyl (C=O) groups excluding carboxylic acids is 3. The number of halogens is 1. The topological polar surface area (TPSA) is 60.4 Å². The second-order valence-electron chi connectivity index (χ2n) is 5.73. The van der Waals surface area contributed by atoms with Crippen molar-refractivity contribution in [3.63, 3.8) is 0 Å². The Morgan fingerprint density at radius 3 is 2.54 bits per heavy atom. The normalized spacial score (nSPS) is 16.8. The number of allylic oxidation sites excluding steroid dienone is 4. The van der Waals surface area contributed by atoms with E-state index in [1.165, 1.54) is 6.08 Å². The number of hydrogen-bond acceptors (Lipinski definition) is 4. The Kier molecular flexibility index (Phi) is 6.18. The lowest BCUT2D eigenvalue weighted by molar-refractivity contribution is -0.155. The molecular weight excluding hydrogens is 311 g/mol. The molecule has 1 aromatic rings. The average molecular weight is 330 g/mol. The number of ketones is 2. The van der Waals surface area contributed by atoms with Gasteiger partial charge in [0.15, 0.2) is 5.78 Å². The summed E-state index contributed by atoms with van der Waals surface area (Å²) >= 11 is 0. The molecule has 0 heterocycles. The molecule has 1 atom stereocenters. The molecule has 24 heavy (non-hydrogen) atoms. The third-order valence-corrected chi connectivity index (χ3v) is 3.80. The van der Waals surface area contributed by atoms with Crippen LogP contribution < -0.4 is 0 Å². The third-order valence-electron chi connectivity index (χ3n) is 3.80. The van der Waals surface area contributed by atoms with Gasteiger partial charge in [0.25, 0.3) is 0 Å². The van der Waals surface area contributed by atoms with Crippen molar-refractivity contribution >= 4 is 17.5 Å². The first kappa shape index (κ1) is 17.8. The number of benzene rings is 1. The minimum Gasteiger partial charge on any atom is -0.455 e. The number of carbonyl (C=O) groups is 3. The van der Waals surface area contributed by atoms with Gasteiger partial charge in [-0.3, -0.25) is 9.59 Å². The fraction of sp³-hybridized carbons (Fsp3) is 0.316. The summed E-state index contributed by atoms with van der Waals surface area (Å²) in [7, 11) is 0. The predicted octanol–water partition coefficient (Wildman–Crippen LogP) is 3.47. The first-order valence-electron chi connectivity index (χ1n) is 7.81. The quantitative estimate of drug-likeness (QED) is 0.567. The van der Waals surface area contributed by atoms with Crippen molar-refractivity contribution in [2.75, 3.05) is 0 Å². The van der Waals surface area contributed by atoms with E-state index in [1.807, 2.05) is 6.07 Å². The minimum absolute atomic E-state index is 0.0103. The van der Waals surface area contributed by atoms with Gasteiger partial charge in [0.05, 0.1) is 0 Å². The van der Waals surface area contributed by atoms with Gasteiger partial charge in [0, 0.05) is 24.3 Å². The highest BCUT2D eigenvalue weighted by atomic mass is 19.1. The van der Waals surface area contributed by atoms with E-state index in [9.17, 15) is 18.8 Å². The molecule has 0 fully saturated rings. The average Bonchev–Trinajstić information content (AvgIpc) is 2.60. The minimum atomic E-state index is -0.959. The van der Waals surface area contributed by atoms with Gasteiger partial charge in [0.1, 0.15) is 12.4 Å². The number of ether oxygens (including phenoxy) is 1. The monoisotopic (exact) mass is 330 g/mol. The van der Waals surface area contributed by atoms with Crippen LogP contribution in [0.25, 0.3) is 0 Å². The highest BCUT2D eigenvalue weighted by molar-refractivity contribution is 6.34. The molecule has 0 aliphatic heterocycles. The van der Waals surface area contributed by atoms with Crippen LogP contribution in [0, 0.1) is 5.92 Å². The number of hydrogen-bond donors (Lipinski definition) is 0. The van der Waals surface area contributed by atoms with Crippen LogP contribution in [0.5, 0.6) is 0 Å². The van der Waals surface area contributed by atoms with Crippen molar-refractivity contribution in [2.24, 2.45) is 5.92 Å². The Morgan fingerprint density at radius 1 is 1.17 bits per heavy atom. The maximum atomic E-state index is 13.5. The first-order valence-corrected chi connectivity index (χ1v) is 7.81. The summed E-state index contributed by atoms with van der Waals surface area (Å²) in [6, 6.07) is 8.99. The van der Waals surface area contributed by atoms with E-state index in [0.29, 0.717) is 6.42 Å². The van der Waals surface area contributed by atoms with Crippen LogP contribution in [-0.4, -0.2) is 17.5 Å². The fourth-order valence-electron chi connectivity index (χ4n) is 2.24. The largest absolute Gasteiger partial charge is 0.455 e. The van der Waals surface area contributed by atoms with Crippen LogP contribution in [0.1, 0.15) is 31.7 Å². The molecule has 0 bridgehead atoms. The zero-order chi connectivity index (χ0) is 17.5. The highest BCUT2D eigenvalue weighted by Gasteiger charge is 2.21. The number of rotatable bonds is 7. The van der Waals surface area contributed by atoms with Gasteiger partial charge >= 0.3 is 5.97 Å². The van der Waals surface area contributed by atoms with Crippen molar-refractivity contribution in [1.29, 1.82) is 0 Å². The molecule has 5 heteroatoms. The van der Waals surface area contributed by atoms with E-state index in [2.05, 4.69) is 0 Å². The van der Waals surface area contributed by atoms with E-state index in [0.717, 1.165) is 5.56 Å². The van der Waals surface area contributed by atoms with Gasteiger partial charge in [-0.1, -0.05) is 43.3 Å². The van der Waals surface area contributed by atoms with E-state index in [1.54, 1.807) is 37.3 Å². The molecule has 0 amide bonds. The smallest absolute Gasteiger partial charge is 0.374 e. The Balaban J connectivity index is 1.78. The van der Waals surface area contributed by atoms with Crippen LogP contribution >= 0.6 is 0 Å². The number of esters is 1.